The molecule has 1 atom stereocenters. The molecule has 3 rings (SSSR count). The van der Waals surface area contributed by atoms with E-state index in [1.807, 2.05) is 13.0 Å². The van der Waals surface area contributed by atoms with Gasteiger partial charge in [0.1, 0.15) is 5.76 Å². The Morgan fingerprint density at radius 2 is 2.47 bits per heavy atom. The highest BCUT2D eigenvalue weighted by molar-refractivity contribution is 5.92. The maximum Gasteiger partial charge on any atom is 0.274 e. The Labute approximate surface area is 110 Å². The van der Waals surface area contributed by atoms with Crippen LogP contribution in [-0.4, -0.2) is 34.0 Å². The first-order chi connectivity index (χ1) is 9.24. The van der Waals surface area contributed by atoms with Crippen molar-refractivity contribution in [2.24, 2.45) is 0 Å². The Morgan fingerprint density at radius 3 is 3.11 bits per heavy atom. The van der Waals surface area contributed by atoms with Gasteiger partial charge in [0.05, 0.1) is 24.5 Å². The van der Waals surface area contributed by atoms with E-state index in [0.717, 1.165) is 13.1 Å². The molecule has 1 fully saturated rings. The van der Waals surface area contributed by atoms with Crippen LogP contribution in [0.25, 0.3) is 0 Å². The van der Waals surface area contributed by atoms with Crippen LogP contribution in [-0.2, 0) is 0 Å². The largest absolute Gasteiger partial charge is 0.467 e. The third-order valence-corrected chi connectivity index (χ3v) is 3.19. The lowest BCUT2D eigenvalue weighted by atomic mass is 10.2. The number of hydrogen-bond donors (Lipinski definition) is 2. The van der Waals surface area contributed by atoms with E-state index in [1.165, 1.54) is 0 Å². The fourth-order valence-electron chi connectivity index (χ4n) is 1.90. The molecule has 7 heteroatoms. The average Bonchev–Trinajstić information content (AvgIpc) is 2.97. The van der Waals surface area contributed by atoms with Crippen LogP contribution in [0, 0.1) is 0 Å². The van der Waals surface area contributed by atoms with Gasteiger partial charge >= 0.3 is 0 Å². The number of furan rings is 1. The molecule has 2 aromatic heterocycles. The Morgan fingerprint density at radius 1 is 1.63 bits per heavy atom. The first-order valence-corrected chi connectivity index (χ1v) is 6.21. The maximum absolute atomic E-state index is 12.0. The van der Waals surface area contributed by atoms with Crippen LogP contribution in [0.15, 0.2) is 29.0 Å². The van der Waals surface area contributed by atoms with Crippen molar-refractivity contribution in [2.75, 3.05) is 13.1 Å². The van der Waals surface area contributed by atoms with Gasteiger partial charge in [-0.3, -0.25) is 4.79 Å². The van der Waals surface area contributed by atoms with E-state index in [4.69, 9.17) is 4.42 Å². The normalized spacial score (nSPS) is 16.9. The van der Waals surface area contributed by atoms with Crippen molar-refractivity contribution in [3.63, 3.8) is 0 Å². The van der Waals surface area contributed by atoms with Crippen LogP contribution in [0.3, 0.4) is 0 Å². The maximum atomic E-state index is 12.0. The summed E-state index contributed by atoms with van der Waals surface area (Å²) in [7, 11) is 0. The van der Waals surface area contributed by atoms with E-state index in [0.29, 0.717) is 17.5 Å². The third kappa shape index (κ3) is 2.37. The molecule has 1 aliphatic rings. The van der Waals surface area contributed by atoms with Gasteiger partial charge in [0.2, 0.25) is 0 Å². The van der Waals surface area contributed by atoms with Crippen molar-refractivity contribution in [1.29, 1.82) is 0 Å². The Kier molecular flexibility index (Phi) is 3.04. The van der Waals surface area contributed by atoms with Gasteiger partial charge in [0, 0.05) is 13.1 Å². The van der Waals surface area contributed by atoms with Crippen LogP contribution >= 0.6 is 0 Å². The van der Waals surface area contributed by atoms with Crippen LogP contribution < -0.4 is 10.6 Å². The number of aromatic nitrogens is 3. The van der Waals surface area contributed by atoms with Crippen LogP contribution in [0.2, 0.25) is 0 Å². The smallest absolute Gasteiger partial charge is 0.274 e. The minimum atomic E-state index is -0.248. The molecule has 3 heterocycles. The van der Waals surface area contributed by atoms with E-state index in [2.05, 4.69) is 20.9 Å². The van der Waals surface area contributed by atoms with Gasteiger partial charge in [-0.25, -0.2) is 4.68 Å². The van der Waals surface area contributed by atoms with Crippen LogP contribution in [0.5, 0.6) is 0 Å². The lowest BCUT2D eigenvalue weighted by Gasteiger charge is -2.26. The lowest BCUT2D eigenvalue weighted by molar-refractivity contribution is 0.0930. The van der Waals surface area contributed by atoms with Crippen LogP contribution in [0.1, 0.15) is 35.3 Å². The van der Waals surface area contributed by atoms with E-state index >= 15 is 0 Å². The van der Waals surface area contributed by atoms with Gasteiger partial charge in [-0.2, -0.15) is 0 Å². The molecule has 1 amide bonds. The summed E-state index contributed by atoms with van der Waals surface area (Å²) in [6, 6.07) is 3.72. The monoisotopic (exact) mass is 261 g/mol. The van der Waals surface area contributed by atoms with E-state index in [9.17, 15) is 4.79 Å². The minimum Gasteiger partial charge on any atom is -0.467 e. The molecule has 2 aromatic rings. The molecule has 0 unspecified atom stereocenters. The quantitative estimate of drug-likeness (QED) is 0.837. The Bertz CT molecular complexity index is 558. The highest BCUT2D eigenvalue weighted by Crippen LogP contribution is 2.14. The molecule has 0 bridgehead atoms. The Hall–Kier alpha value is -2.15. The molecule has 0 saturated carbocycles. The number of nitrogens with one attached hydrogen (secondary N) is 2. The second-order valence-electron chi connectivity index (χ2n) is 4.61. The fourth-order valence-corrected chi connectivity index (χ4v) is 1.90. The molecule has 100 valence electrons. The van der Waals surface area contributed by atoms with Gasteiger partial charge in [0.15, 0.2) is 5.69 Å². The summed E-state index contributed by atoms with van der Waals surface area (Å²) in [5.74, 6) is 0.464. The summed E-state index contributed by atoms with van der Waals surface area (Å²) in [6.45, 7) is 3.59. The van der Waals surface area contributed by atoms with Crippen molar-refractivity contribution in [3.8, 4) is 0 Å². The first kappa shape index (κ1) is 11.9. The molecule has 7 nitrogen and oxygen atoms in total. The lowest BCUT2D eigenvalue weighted by Crippen LogP contribution is -2.43. The molecule has 0 spiro atoms. The summed E-state index contributed by atoms with van der Waals surface area (Å²) in [4.78, 5) is 12.0. The van der Waals surface area contributed by atoms with E-state index in [-0.39, 0.29) is 11.9 Å². The van der Waals surface area contributed by atoms with Crippen molar-refractivity contribution in [2.45, 2.75) is 19.0 Å². The van der Waals surface area contributed by atoms with Gasteiger partial charge < -0.3 is 15.1 Å². The first-order valence-electron chi connectivity index (χ1n) is 6.21. The highest BCUT2D eigenvalue weighted by atomic mass is 16.3. The topological polar surface area (TPSA) is 85.0 Å². The summed E-state index contributed by atoms with van der Waals surface area (Å²) < 4.78 is 6.96. The molecular formula is C12H15N5O2. The predicted octanol–water partition coefficient (Wildman–Crippen LogP) is 0.506. The van der Waals surface area contributed by atoms with Crippen LogP contribution in [0.4, 0.5) is 0 Å². The summed E-state index contributed by atoms with van der Waals surface area (Å²) in [5, 5.41) is 13.8. The summed E-state index contributed by atoms with van der Waals surface area (Å²) in [5.41, 5.74) is 0.324. The number of hydrogen-bond acceptors (Lipinski definition) is 5. The zero-order valence-electron chi connectivity index (χ0n) is 10.5. The fraction of sp³-hybridized carbons (Fsp3) is 0.417. The van der Waals surface area contributed by atoms with Gasteiger partial charge in [-0.15, -0.1) is 5.10 Å². The number of rotatable bonds is 4. The Balaban J connectivity index is 1.65. The zero-order chi connectivity index (χ0) is 13.2. The molecule has 0 aliphatic carbocycles. The number of carbonyl (C=O) groups excluding carboxylic acids is 1. The zero-order valence-corrected chi connectivity index (χ0v) is 10.5. The predicted molar refractivity (Wildman–Crippen MR) is 66.5 cm³/mol. The van der Waals surface area contributed by atoms with Crippen molar-refractivity contribution < 1.29 is 9.21 Å². The van der Waals surface area contributed by atoms with E-state index < -0.39 is 0 Å². The minimum absolute atomic E-state index is 0.196. The van der Waals surface area contributed by atoms with Gasteiger partial charge in [-0.1, -0.05) is 5.21 Å². The number of carbonyl (C=O) groups is 1. The second-order valence-corrected chi connectivity index (χ2v) is 4.61. The SMILES string of the molecule is C[C@@H](NC(=O)c1cn(C2CNC2)nn1)c1ccco1. The van der Waals surface area contributed by atoms with Crippen molar-refractivity contribution in [1.82, 2.24) is 25.6 Å². The molecule has 1 aliphatic heterocycles. The molecule has 1 saturated heterocycles. The van der Waals surface area contributed by atoms with E-state index in [1.54, 1.807) is 23.2 Å². The summed E-state index contributed by atoms with van der Waals surface area (Å²) in [6.07, 6.45) is 3.26. The molecule has 2 N–H and O–H groups in total. The standard InChI is InChI=1S/C12H15N5O2/c1-8(11-3-2-4-19-11)14-12(18)10-7-17(16-15-10)9-5-13-6-9/h2-4,7-9,13H,5-6H2,1H3,(H,14,18)/t8-/m1/s1. The number of nitrogens with zero attached hydrogens (tertiary/aromatic N) is 3. The molecule has 0 aromatic carbocycles. The second kappa shape index (κ2) is 4.85. The van der Waals surface area contributed by atoms with Crippen molar-refractivity contribution in [3.05, 3.63) is 36.0 Å². The van der Waals surface area contributed by atoms with Crippen molar-refractivity contribution >= 4 is 5.91 Å². The van der Waals surface area contributed by atoms with Gasteiger partial charge in [0.25, 0.3) is 5.91 Å². The molecule has 0 radical (unpaired) electrons. The van der Waals surface area contributed by atoms with Gasteiger partial charge in [-0.05, 0) is 19.1 Å². The molecular weight excluding hydrogens is 246 g/mol. The highest BCUT2D eigenvalue weighted by Gasteiger charge is 2.22. The third-order valence-electron chi connectivity index (χ3n) is 3.19. The number of amides is 1. The molecule has 19 heavy (non-hydrogen) atoms. The summed E-state index contributed by atoms with van der Waals surface area (Å²) >= 11 is 0. The average molecular weight is 261 g/mol.